The molecule has 0 bridgehead atoms. The van der Waals surface area contributed by atoms with Crippen molar-refractivity contribution >= 4 is 39.4 Å². The summed E-state index contributed by atoms with van der Waals surface area (Å²) in [5.74, 6) is -0.330. The third kappa shape index (κ3) is 4.68. The Labute approximate surface area is 121 Å². The van der Waals surface area contributed by atoms with Gasteiger partial charge in [-0.05, 0) is 36.6 Å². The molecule has 0 atom stereocenters. The highest BCUT2D eigenvalue weighted by Gasteiger charge is 2.17. The summed E-state index contributed by atoms with van der Waals surface area (Å²) in [7, 11) is -3.64. The number of carboxylic acid groups (broad SMARTS) is 1. The molecule has 19 heavy (non-hydrogen) atoms. The quantitative estimate of drug-likeness (QED) is 0.750. The van der Waals surface area contributed by atoms with Gasteiger partial charge in [-0.3, -0.25) is 0 Å². The predicted molar refractivity (Wildman–Crippen MR) is 76.6 cm³/mol. The van der Waals surface area contributed by atoms with E-state index in [9.17, 15) is 13.2 Å². The Balaban J connectivity index is 2.84. The van der Waals surface area contributed by atoms with Gasteiger partial charge >= 0.3 is 5.97 Å². The van der Waals surface area contributed by atoms with Crippen LogP contribution in [-0.4, -0.2) is 38.0 Å². The second-order valence-corrected chi connectivity index (χ2v) is 6.85. The Morgan fingerprint density at radius 2 is 2.16 bits per heavy atom. The van der Waals surface area contributed by atoms with Crippen molar-refractivity contribution in [1.29, 1.82) is 0 Å². The number of carbonyl (C=O) groups is 1. The van der Waals surface area contributed by atoms with E-state index in [1.54, 1.807) is 11.8 Å². The molecule has 1 rings (SSSR count). The fourth-order valence-electron chi connectivity index (χ4n) is 1.34. The van der Waals surface area contributed by atoms with Crippen molar-refractivity contribution < 1.29 is 18.3 Å². The molecular weight excluding hydrogens is 310 g/mol. The van der Waals surface area contributed by atoms with Crippen molar-refractivity contribution in [2.45, 2.75) is 11.3 Å². The lowest BCUT2D eigenvalue weighted by Crippen LogP contribution is -2.25. The average molecular weight is 324 g/mol. The highest BCUT2D eigenvalue weighted by Crippen LogP contribution is 2.20. The first-order valence-corrected chi connectivity index (χ1v) is 8.65. The van der Waals surface area contributed by atoms with Gasteiger partial charge in [0.2, 0.25) is 10.0 Å². The number of nitrogens with one attached hydrogen (secondary N) is 1. The number of thioether (sulfide) groups is 1. The van der Waals surface area contributed by atoms with E-state index in [0.29, 0.717) is 6.54 Å². The van der Waals surface area contributed by atoms with Gasteiger partial charge in [0.1, 0.15) is 0 Å². The molecular formula is C11H14ClNO4S2. The molecule has 1 aromatic carbocycles. The molecule has 106 valence electrons. The van der Waals surface area contributed by atoms with Crippen molar-refractivity contribution in [2.24, 2.45) is 0 Å². The minimum absolute atomic E-state index is 0.0355. The van der Waals surface area contributed by atoms with E-state index < -0.39 is 16.0 Å². The van der Waals surface area contributed by atoms with Gasteiger partial charge in [0.15, 0.2) is 0 Å². The Bertz CT molecular complexity index is 560. The van der Waals surface area contributed by atoms with E-state index in [0.717, 1.165) is 18.2 Å². The molecule has 0 saturated heterocycles. The Morgan fingerprint density at radius 1 is 1.47 bits per heavy atom. The molecule has 1 aromatic rings. The van der Waals surface area contributed by atoms with Crippen molar-refractivity contribution in [3.63, 3.8) is 0 Å². The zero-order chi connectivity index (χ0) is 14.5. The SMILES string of the molecule is CSCCCNS(=O)(=O)c1ccc(C(=O)O)c(Cl)c1. The van der Waals surface area contributed by atoms with Gasteiger partial charge in [-0.15, -0.1) is 0 Å². The van der Waals surface area contributed by atoms with Gasteiger partial charge in [-0.2, -0.15) is 11.8 Å². The molecule has 0 amide bonds. The van der Waals surface area contributed by atoms with Crippen LogP contribution in [0.2, 0.25) is 5.02 Å². The lowest BCUT2D eigenvalue weighted by Gasteiger charge is -2.07. The monoisotopic (exact) mass is 323 g/mol. The van der Waals surface area contributed by atoms with Crippen LogP contribution in [0.1, 0.15) is 16.8 Å². The van der Waals surface area contributed by atoms with Gasteiger partial charge in [0.25, 0.3) is 0 Å². The number of halogens is 1. The van der Waals surface area contributed by atoms with Gasteiger partial charge in [-0.1, -0.05) is 11.6 Å². The maximum absolute atomic E-state index is 11.9. The van der Waals surface area contributed by atoms with Gasteiger partial charge in [-0.25, -0.2) is 17.9 Å². The molecule has 0 aliphatic rings. The van der Waals surface area contributed by atoms with Crippen LogP contribution in [0.3, 0.4) is 0 Å². The minimum Gasteiger partial charge on any atom is -0.478 e. The van der Waals surface area contributed by atoms with E-state index in [1.165, 1.54) is 12.1 Å². The van der Waals surface area contributed by atoms with Crippen LogP contribution >= 0.6 is 23.4 Å². The molecule has 0 aromatic heterocycles. The first kappa shape index (κ1) is 16.3. The van der Waals surface area contributed by atoms with Crippen molar-refractivity contribution in [2.75, 3.05) is 18.6 Å². The highest BCUT2D eigenvalue weighted by molar-refractivity contribution is 7.98. The number of aromatic carboxylic acids is 1. The fraction of sp³-hybridized carbons (Fsp3) is 0.364. The summed E-state index contributed by atoms with van der Waals surface area (Å²) in [6, 6.07) is 3.55. The molecule has 8 heteroatoms. The number of benzene rings is 1. The Hall–Kier alpha value is -0.760. The van der Waals surface area contributed by atoms with Crippen LogP contribution in [-0.2, 0) is 10.0 Å². The molecule has 0 radical (unpaired) electrons. The van der Waals surface area contributed by atoms with Crippen LogP contribution in [0.5, 0.6) is 0 Å². The summed E-state index contributed by atoms with van der Waals surface area (Å²) in [5.41, 5.74) is -0.122. The van der Waals surface area contributed by atoms with Crippen LogP contribution in [0.15, 0.2) is 23.1 Å². The summed E-state index contributed by atoms with van der Waals surface area (Å²) < 4.78 is 26.2. The maximum atomic E-state index is 11.9. The van der Waals surface area contributed by atoms with E-state index in [1.807, 2.05) is 6.26 Å². The third-order valence-electron chi connectivity index (χ3n) is 2.30. The zero-order valence-electron chi connectivity index (χ0n) is 10.2. The molecule has 0 saturated carbocycles. The predicted octanol–water partition coefficient (Wildman–Crippen LogP) is 2.07. The smallest absolute Gasteiger partial charge is 0.337 e. The Kier molecular flexibility index (Phi) is 6.12. The molecule has 2 N–H and O–H groups in total. The van der Waals surface area contributed by atoms with E-state index in [4.69, 9.17) is 16.7 Å². The molecule has 0 heterocycles. The summed E-state index contributed by atoms with van der Waals surface area (Å²) in [6.07, 6.45) is 2.67. The van der Waals surface area contributed by atoms with E-state index in [-0.39, 0.29) is 15.5 Å². The van der Waals surface area contributed by atoms with Crippen molar-refractivity contribution in [1.82, 2.24) is 4.72 Å². The fourth-order valence-corrected chi connectivity index (χ4v) is 3.20. The van der Waals surface area contributed by atoms with Gasteiger partial charge in [0.05, 0.1) is 15.5 Å². The highest BCUT2D eigenvalue weighted by atomic mass is 35.5. The number of carboxylic acids is 1. The molecule has 0 aliphatic heterocycles. The lowest BCUT2D eigenvalue weighted by atomic mass is 10.2. The summed E-state index contributed by atoms with van der Waals surface area (Å²) >= 11 is 7.37. The van der Waals surface area contributed by atoms with Crippen LogP contribution in [0.25, 0.3) is 0 Å². The minimum atomic E-state index is -3.64. The molecule has 5 nitrogen and oxygen atoms in total. The van der Waals surface area contributed by atoms with Crippen LogP contribution in [0.4, 0.5) is 0 Å². The van der Waals surface area contributed by atoms with E-state index in [2.05, 4.69) is 4.72 Å². The summed E-state index contributed by atoms with van der Waals surface area (Å²) in [6.45, 7) is 0.335. The number of hydrogen-bond donors (Lipinski definition) is 2. The van der Waals surface area contributed by atoms with Gasteiger partial charge < -0.3 is 5.11 Å². The second kappa shape index (κ2) is 7.14. The summed E-state index contributed by atoms with van der Waals surface area (Å²) in [5, 5.41) is 8.71. The first-order chi connectivity index (χ1) is 8.88. The van der Waals surface area contributed by atoms with Crippen LogP contribution in [0, 0.1) is 0 Å². The second-order valence-electron chi connectivity index (χ2n) is 3.69. The molecule has 0 spiro atoms. The number of hydrogen-bond acceptors (Lipinski definition) is 4. The summed E-state index contributed by atoms with van der Waals surface area (Å²) in [4.78, 5) is 10.7. The number of sulfonamides is 1. The van der Waals surface area contributed by atoms with E-state index >= 15 is 0 Å². The van der Waals surface area contributed by atoms with Crippen LogP contribution < -0.4 is 4.72 Å². The molecule has 0 unspecified atom stereocenters. The molecule has 0 fully saturated rings. The largest absolute Gasteiger partial charge is 0.478 e. The van der Waals surface area contributed by atoms with Crippen molar-refractivity contribution in [3.8, 4) is 0 Å². The number of rotatable bonds is 7. The normalized spacial score (nSPS) is 11.5. The Morgan fingerprint density at radius 3 is 2.68 bits per heavy atom. The average Bonchev–Trinajstić information content (AvgIpc) is 2.34. The van der Waals surface area contributed by atoms with Gasteiger partial charge in [0, 0.05) is 6.54 Å². The maximum Gasteiger partial charge on any atom is 0.337 e. The lowest BCUT2D eigenvalue weighted by molar-refractivity contribution is 0.0697. The van der Waals surface area contributed by atoms with Crippen molar-refractivity contribution in [3.05, 3.63) is 28.8 Å². The molecule has 0 aliphatic carbocycles. The zero-order valence-corrected chi connectivity index (χ0v) is 12.6. The topological polar surface area (TPSA) is 83.5 Å². The standard InChI is InChI=1S/C11H14ClNO4S2/c1-18-6-2-5-13-19(16,17)8-3-4-9(11(14)15)10(12)7-8/h3-4,7,13H,2,5-6H2,1H3,(H,14,15). The first-order valence-electron chi connectivity index (χ1n) is 5.40. The third-order valence-corrected chi connectivity index (χ3v) is 4.77.